The minimum Gasteiger partial charge on any atom is -0.367 e. The number of hydrogen-bond donors (Lipinski definition) is 1. The zero-order valence-corrected chi connectivity index (χ0v) is 14.1. The van der Waals surface area contributed by atoms with Crippen molar-refractivity contribution in [1.29, 1.82) is 0 Å². The van der Waals surface area contributed by atoms with Crippen LogP contribution < -0.4 is 5.32 Å². The Kier molecular flexibility index (Phi) is 7.39. The largest absolute Gasteiger partial charge is 0.367 e. The quantitative estimate of drug-likeness (QED) is 0.779. The Morgan fingerprint density at radius 2 is 2.05 bits per heavy atom. The van der Waals surface area contributed by atoms with Crippen LogP contribution in [-0.2, 0) is 0 Å². The van der Waals surface area contributed by atoms with E-state index >= 15 is 0 Å². The van der Waals surface area contributed by atoms with Crippen molar-refractivity contribution < 1.29 is 0 Å². The maximum absolute atomic E-state index is 4.39. The Labute approximate surface area is 125 Å². The summed E-state index contributed by atoms with van der Waals surface area (Å²) in [4.78, 5) is 6.85. The molecule has 1 aromatic rings. The monoisotopic (exact) mass is 327 g/mol. The summed E-state index contributed by atoms with van der Waals surface area (Å²) in [5.74, 6) is 0.954. The van der Waals surface area contributed by atoms with Gasteiger partial charge in [-0.15, -0.1) is 0 Å². The van der Waals surface area contributed by atoms with Crippen molar-refractivity contribution in [3.8, 4) is 0 Å². The van der Waals surface area contributed by atoms with Gasteiger partial charge in [0.15, 0.2) is 0 Å². The highest BCUT2D eigenvalue weighted by Crippen LogP contribution is 2.24. The summed E-state index contributed by atoms with van der Waals surface area (Å²) in [6, 6.07) is 2.46. The van der Waals surface area contributed by atoms with E-state index in [9.17, 15) is 0 Å². The lowest BCUT2D eigenvalue weighted by Gasteiger charge is -2.20. The first-order chi connectivity index (χ1) is 9.08. The van der Waals surface area contributed by atoms with Crippen LogP contribution in [0.3, 0.4) is 0 Å². The number of halogens is 1. The first kappa shape index (κ1) is 16.4. The van der Waals surface area contributed by atoms with Crippen LogP contribution in [0.1, 0.15) is 39.2 Å². The summed E-state index contributed by atoms with van der Waals surface area (Å²) in [6.07, 6.45) is 4.24. The molecule has 0 amide bonds. The van der Waals surface area contributed by atoms with E-state index in [0.717, 1.165) is 23.4 Å². The predicted molar refractivity (Wildman–Crippen MR) is 86.8 cm³/mol. The fraction of sp³-hybridized carbons (Fsp3) is 0.667. The van der Waals surface area contributed by atoms with Crippen molar-refractivity contribution in [1.82, 2.24) is 9.88 Å². The summed E-state index contributed by atoms with van der Waals surface area (Å²) in [7, 11) is 0. The maximum Gasteiger partial charge on any atom is 0.140 e. The second-order valence-electron chi connectivity index (χ2n) is 5.00. The van der Waals surface area contributed by atoms with Gasteiger partial charge in [0.2, 0.25) is 0 Å². The van der Waals surface area contributed by atoms with Gasteiger partial charge >= 0.3 is 0 Å². The van der Waals surface area contributed by atoms with Gasteiger partial charge in [0.05, 0.1) is 4.47 Å². The van der Waals surface area contributed by atoms with E-state index in [4.69, 9.17) is 0 Å². The number of aryl methyl sites for hydroxylation is 1. The summed E-state index contributed by atoms with van der Waals surface area (Å²) >= 11 is 3.59. The molecule has 1 unspecified atom stereocenters. The number of nitrogens with one attached hydrogen (secondary N) is 1. The number of aromatic nitrogens is 1. The summed E-state index contributed by atoms with van der Waals surface area (Å²) in [5.41, 5.74) is 1.22. The Bertz CT molecular complexity index is 378. The van der Waals surface area contributed by atoms with Crippen LogP contribution in [-0.4, -0.2) is 35.6 Å². The number of rotatable bonds is 8. The van der Waals surface area contributed by atoms with Gasteiger partial charge in [0, 0.05) is 12.2 Å². The SMILES string of the molecule is CCN(CC)CCCC(C)Nc1nccc(C)c1Br. The van der Waals surface area contributed by atoms with Gasteiger partial charge in [0.25, 0.3) is 0 Å². The molecular formula is C15H26BrN3. The molecule has 1 aromatic heterocycles. The zero-order valence-electron chi connectivity index (χ0n) is 12.5. The average molecular weight is 328 g/mol. The highest BCUT2D eigenvalue weighted by molar-refractivity contribution is 9.10. The van der Waals surface area contributed by atoms with Crippen LogP contribution in [0.25, 0.3) is 0 Å². The molecular weight excluding hydrogens is 302 g/mol. The maximum atomic E-state index is 4.39. The molecule has 1 heterocycles. The molecule has 0 aliphatic rings. The van der Waals surface area contributed by atoms with Crippen molar-refractivity contribution in [3.63, 3.8) is 0 Å². The van der Waals surface area contributed by atoms with Gasteiger partial charge in [-0.2, -0.15) is 0 Å². The number of hydrogen-bond acceptors (Lipinski definition) is 3. The third-order valence-electron chi connectivity index (χ3n) is 3.47. The molecule has 0 saturated heterocycles. The molecule has 0 aromatic carbocycles. The second kappa shape index (κ2) is 8.54. The van der Waals surface area contributed by atoms with Crippen molar-refractivity contribution >= 4 is 21.7 Å². The van der Waals surface area contributed by atoms with Crippen molar-refractivity contribution in [2.24, 2.45) is 0 Å². The van der Waals surface area contributed by atoms with Crippen LogP contribution in [0.5, 0.6) is 0 Å². The lowest BCUT2D eigenvalue weighted by molar-refractivity contribution is 0.295. The van der Waals surface area contributed by atoms with Crippen LogP contribution in [0, 0.1) is 6.92 Å². The molecule has 0 radical (unpaired) electrons. The highest BCUT2D eigenvalue weighted by atomic mass is 79.9. The molecule has 1 rings (SSSR count). The number of nitrogens with zero attached hydrogens (tertiary/aromatic N) is 2. The third-order valence-corrected chi connectivity index (χ3v) is 4.47. The summed E-state index contributed by atoms with van der Waals surface area (Å²) in [5, 5.41) is 3.48. The van der Waals surface area contributed by atoms with Crippen LogP contribution in [0.15, 0.2) is 16.7 Å². The van der Waals surface area contributed by atoms with Gasteiger partial charge in [-0.25, -0.2) is 4.98 Å². The fourth-order valence-corrected chi connectivity index (χ4v) is 2.46. The molecule has 3 nitrogen and oxygen atoms in total. The minimum absolute atomic E-state index is 0.446. The molecule has 1 atom stereocenters. The Morgan fingerprint density at radius 1 is 1.37 bits per heavy atom. The van der Waals surface area contributed by atoms with Crippen LogP contribution in [0.2, 0.25) is 0 Å². The lowest BCUT2D eigenvalue weighted by atomic mass is 10.1. The Hall–Kier alpha value is -0.610. The summed E-state index contributed by atoms with van der Waals surface area (Å²) in [6.45, 7) is 12.2. The molecule has 0 fully saturated rings. The topological polar surface area (TPSA) is 28.2 Å². The Morgan fingerprint density at radius 3 is 2.68 bits per heavy atom. The van der Waals surface area contributed by atoms with Crippen LogP contribution in [0.4, 0.5) is 5.82 Å². The molecule has 0 spiro atoms. The van der Waals surface area contributed by atoms with Gasteiger partial charge in [-0.1, -0.05) is 13.8 Å². The smallest absolute Gasteiger partial charge is 0.140 e. The van der Waals surface area contributed by atoms with Crippen LogP contribution >= 0.6 is 15.9 Å². The van der Waals surface area contributed by atoms with E-state index in [1.165, 1.54) is 24.9 Å². The third kappa shape index (κ3) is 5.49. The van der Waals surface area contributed by atoms with E-state index < -0.39 is 0 Å². The normalized spacial score (nSPS) is 12.7. The van der Waals surface area contributed by atoms with E-state index in [2.05, 4.69) is 58.8 Å². The van der Waals surface area contributed by atoms with E-state index in [1.807, 2.05) is 12.3 Å². The molecule has 1 N–H and O–H groups in total. The fourth-order valence-electron chi connectivity index (χ4n) is 2.11. The molecule has 0 aliphatic heterocycles. The second-order valence-corrected chi connectivity index (χ2v) is 5.80. The van der Waals surface area contributed by atoms with Gasteiger partial charge in [-0.05, 0) is 73.9 Å². The van der Waals surface area contributed by atoms with Gasteiger partial charge < -0.3 is 10.2 Å². The lowest BCUT2D eigenvalue weighted by Crippen LogP contribution is -2.25. The standard InChI is InChI=1S/C15H26BrN3/c1-5-19(6-2)11-7-8-13(4)18-15-14(16)12(3)9-10-17-15/h9-10,13H,5-8,11H2,1-4H3,(H,17,18). The van der Waals surface area contributed by atoms with Crippen molar-refractivity contribution in [2.75, 3.05) is 25.0 Å². The van der Waals surface area contributed by atoms with E-state index in [1.54, 1.807) is 0 Å². The minimum atomic E-state index is 0.446. The average Bonchev–Trinajstić information content (AvgIpc) is 2.40. The van der Waals surface area contributed by atoms with E-state index in [-0.39, 0.29) is 0 Å². The van der Waals surface area contributed by atoms with Gasteiger partial charge in [0.1, 0.15) is 5.82 Å². The first-order valence-electron chi connectivity index (χ1n) is 7.18. The molecule has 0 aliphatic carbocycles. The predicted octanol–water partition coefficient (Wildman–Crippen LogP) is 4.07. The number of pyridine rings is 1. The summed E-state index contributed by atoms with van der Waals surface area (Å²) < 4.78 is 1.07. The highest BCUT2D eigenvalue weighted by Gasteiger charge is 2.08. The van der Waals surface area contributed by atoms with Gasteiger partial charge in [-0.3, -0.25) is 0 Å². The molecule has 0 bridgehead atoms. The number of anilines is 1. The first-order valence-corrected chi connectivity index (χ1v) is 7.97. The molecule has 108 valence electrons. The van der Waals surface area contributed by atoms with Crippen molar-refractivity contribution in [2.45, 2.75) is 46.6 Å². The van der Waals surface area contributed by atoms with E-state index in [0.29, 0.717) is 6.04 Å². The molecule has 0 saturated carbocycles. The Balaban J connectivity index is 2.39. The zero-order chi connectivity index (χ0) is 14.3. The molecule has 4 heteroatoms. The molecule has 19 heavy (non-hydrogen) atoms. The van der Waals surface area contributed by atoms with Crippen molar-refractivity contribution in [3.05, 3.63) is 22.3 Å².